The Balaban J connectivity index is 3.01. The molecule has 2 N–H and O–H groups in total. The fraction of sp³-hybridized carbons (Fsp3) is 0.375. The van der Waals surface area contributed by atoms with Crippen molar-refractivity contribution in [3.63, 3.8) is 0 Å². The van der Waals surface area contributed by atoms with Gasteiger partial charge in [-0.1, -0.05) is 6.92 Å². The molecule has 0 saturated heterocycles. The monoisotopic (exact) mass is 268 g/mol. The Kier molecular flexibility index (Phi) is 3.71. The van der Waals surface area contributed by atoms with Gasteiger partial charge in [0.05, 0.1) is 5.01 Å². The molecule has 5 nitrogen and oxygen atoms in total. The lowest BCUT2D eigenvalue weighted by atomic mass is 10.4. The van der Waals surface area contributed by atoms with Crippen LogP contribution in [0.1, 0.15) is 22.4 Å². The van der Waals surface area contributed by atoms with E-state index in [2.05, 4.69) is 4.98 Å². The maximum Gasteiger partial charge on any atom is 0.471 e. The summed E-state index contributed by atoms with van der Waals surface area (Å²) in [5, 5.41) is 10.1. The summed E-state index contributed by atoms with van der Waals surface area (Å²) in [6.07, 6.45) is -4.70. The Morgan fingerprint density at radius 2 is 2.06 bits per heavy atom. The standard InChI is InChI=1S/C8H7F3N2O3S/c1-2-3-12-4(6(14)15)5(17-3)13-7(16)8(9,10)11/h2H2,1H3,(H,13,16)(H,14,15). The second kappa shape index (κ2) is 4.70. The van der Waals surface area contributed by atoms with Crippen molar-refractivity contribution in [1.82, 2.24) is 4.98 Å². The minimum Gasteiger partial charge on any atom is -0.476 e. The summed E-state index contributed by atoms with van der Waals surface area (Å²) in [5.41, 5.74) is -0.579. The van der Waals surface area contributed by atoms with Gasteiger partial charge in [-0.3, -0.25) is 4.79 Å². The van der Waals surface area contributed by atoms with E-state index in [1.807, 2.05) is 0 Å². The molecule has 0 bridgehead atoms. The largest absolute Gasteiger partial charge is 0.476 e. The highest BCUT2D eigenvalue weighted by molar-refractivity contribution is 7.16. The highest BCUT2D eigenvalue weighted by Crippen LogP contribution is 2.27. The molecule has 0 unspecified atom stereocenters. The van der Waals surface area contributed by atoms with E-state index in [1.165, 1.54) is 5.32 Å². The van der Waals surface area contributed by atoms with Gasteiger partial charge >= 0.3 is 18.1 Å². The first-order valence-electron chi connectivity index (χ1n) is 4.36. The maximum absolute atomic E-state index is 12.0. The molecule has 1 aromatic heterocycles. The number of nitrogens with zero attached hydrogens (tertiary/aromatic N) is 1. The van der Waals surface area contributed by atoms with E-state index in [1.54, 1.807) is 6.92 Å². The highest BCUT2D eigenvalue weighted by atomic mass is 32.1. The first-order chi connectivity index (χ1) is 7.75. The number of hydrogen-bond acceptors (Lipinski definition) is 4. The predicted molar refractivity (Wildman–Crippen MR) is 53.1 cm³/mol. The van der Waals surface area contributed by atoms with Gasteiger partial charge in [0.2, 0.25) is 0 Å². The average Bonchev–Trinajstić information content (AvgIpc) is 2.59. The van der Waals surface area contributed by atoms with Gasteiger partial charge < -0.3 is 10.4 Å². The van der Waals surface area contributed by atoms with Crippen LogP contribution in [-0.4, -0.2) is 28.1 Å². The molecule has 1 amide bonds. The molecule has 1 aromatic rings. The Hall–Kier alpha value is -1.64. The van der Waals surface area contributed by atoms with E-state index in [4.69, 9.17) is 5.11 Å². The van der Waals surface area contributed by atoms with Crippen molar-refractivity contribution in [2.45, 2.75) is 19.5 Å². The lowest BCUT2D eigenvalue weighted by Gasteiger charge is -2.05. The van der Waals surface area contributed by atoms with Crippen LogP contribution in [0.5, 0.6) is 0 Å². The Morgan fingerprint density at radius 1 is 1.47 bits per heavy atom. The first-order valence-corrected chi connectivity index (χ1v) is 5.18. The molecule has 0 aliphatic carbocycles. The van der Waals surface area contributed by atoms with Gasteiger partial charge in [0.15, 0.2) is 5.69 Å². The maximum atomic E-state index is 12.0. The van der Waals surface area contributed by atoms with Crippen LogP contribution < -0.4 is 5.32 Å². The van der Waals surface area contributed by atoms with Crippen LogP contribution in [0.4, 0.5) is 18.2 Å². The number of carboxylic acid groups (broad SMARTS) is 1. The van der Waals surface area contributed by atoms with Crippen molar-refractivity contribution in [2.24, 2.45) is 0 Å². The van der Waals surface area contributed by atoms with Crippen LogP contribution in [-0.2, 0) is 11.2 Å². The number of thiazole rings is 1. The van der Waals surface area contributed by atoms with Gasteiger partial charge in [-0.25, -0.2) is 9.78 Å². The third kappa shape index (κ3) is 3.16. The number of aromatic nitrogens is 1. The zero-order valence-corrected chi connectivity index (χ0v) is 9.28. The van der Waals surface area contributed by atoms with E-state index in [0.29, 0.717) is 22.8 Å². The third-order valence-corrected chi connectivity index (χ3v) is 2.78. The molecule has 94 valence electrons. The molecular formula is C8H7F3N2O3S. The fourth-order valence-corrected chi connectivity index (χ4v) is 1.81. The fourth-order valence-electron chi connectivity index (χ4n) is 0.919. The molecule has 0 atom stereocenters. The average molecular weight is 268 g/mol. The first kappa shape index (κ1) is 13.4. The minimum atomic E-state index is -5.06. The predicted octanol–water partition coefficient (Wildman–Crippen LogP) is 1.90. The summed E-state index contributed by atoms with van der Waals surface area (Å²) in [6, 6.07) is 0. The number of anilines is 1. The van der Waals surface area contributed by atoms with Crippen LogP contribution in [0, 0.1) is 0 Å². The van der Waals surface area contributed by atoms with Crippen molar-refractivity contribution < 1.29 is 27.9 Å². The van der Waals surface area contributed by atoms with Gasteiger partial charge in [0, 0.05) is 0 Å². The quantitative estimate of drug-likeness (QED) is 0.877. The normalized spacial score (nSPS) is 11.3. The molecule has 17 heavy (non-hydrogen) atoms. The van der Waals surface area contributed by atoms with Crippen molar-refractivity contribution in [1.29, 1.82) is 0 Å². The number of carbonyl (C=O) groups is 2. The summed E-state index contributed by atoms with van der Waals surface area (Å²) >= 11 is 0.708. The van der Waals surface area contributed by atoms with Gasteiger partial charge in [-0.2, -0.15) is 13.2 Å². The van der Waals surface area contributed by atoms with Crippen molar-refractivity contribution in [3.8, 4) is 0 Å². The van der Waals surface area contributed by atoms with Crippen LogP contribution in [0.2, 0.25) is 0 Å². The smallest absolute Gasteiger partial charge is 0.471 e. The molecule has 9 heteroatoms. The minimum absolute atomic E-state index is 0.333. The van der Waals surface area contributed by atoms with E-state index >= 15 is 0 Å². The zero-order chi connectivity index (χ0) is 13.2. The van der Waals surface area contributed by atoms with Crippen LogP contribution >= 0.6 is 11.3 Å². The SMILES string of the molecule is CCc1nc(C(=O)O)c(NC(=O)C(F)(F)F)s1. The lowest BCUT2D eigenvalue weighted by Crippen LogP contribution is -2.30. The highest BCUT2D eigenvalue weighted by Gasteiger charge is 2.39. The Morgan fingerprint density at radius 3 is 2.47 bits per heavy atom. The van der Waals surface area contributed by atoms with Crippen LogP contribution in [0.25, 0.3) is 0 Å². The number of rotatable bonds is 3. The molecule has 0 saturated carbocycles. The topological polar surface area (TPSA) is 79.3 Å². The second-order valence-electron chi connectivity index (χ2n) is 2.90. The van der Waals surface area contributed by atoms with Gasteiger partial charge in [-0.15, -0.1) is 11.3 Å². The molecule has 0 fully saturated rings. The van der Waals surface area contributed by atoms with E-state index < -0.39 is 28.7 Å². The van der Waals surface area contributed by atoms with E-state index in [-0.39, 0.29) is 0 Å². The molecule has 0 radical (unpaired) electrons. The second-order valence-corrected chi connectivity index (χ2v) is 3.98. The molecule has 0 aliphatic rings. The number of nitrogens with one attached hydrogen (secondary N) is 1. The lowest BCUT2D eigenvalue weighted by molar-refractivity contribution is -0.167. The van der Waals surface area contributed by atoms with Gasteiger partial charge in [0.1, 0.15) is 5.00 Å². The number of alkyl halides is 3. The Labute approximate surface area is 97.3 Å². The van der Waals surface area contributed by atoms with Crippen molar-refractivity contribution >= 4 is 28.2 Å². The summed E-state index contributed by atoms with van der Waals surface area (Å²) < 4.78 is 35.9. The zero-order valence-electron chi connectivity index (χ0n) is 8.46. The summed E-state index contributed by atoms with van der Waals surface area (Å²) in [4.78, 5) is 25.0. The van der Waals surface area contributed by atoms with E-state index in [0.717, 1.165) is 0 Å². The van der Waals surface area contributed by atoms with E-state index in [9.17, 15) is 22.8 Å². The number of carbonyl (C=O) groups excluding carboxylic acids is 1. The van der Waals surface area contributed by atoms with Gasteiger partial charge in [0.25, 0.3) is 0 Å². The molecular weight excluding hydrogens is 261 g/mol. The summed E-state index contributed by atoms with van der Waals surface area (Å²) in [6.45, 7) is 1.67. The molecule has 0 aliphatic heterocycles. The van der Waals surface area contributed by atoms with Gasteiger partial charge in [-0.05, 0) is 6.42 Å². The molecule has 0 spiro atoms. The number of aryl methyl sites for hydroxylation is 1. The molecule has 1 rings (SSSR count). The van der Waals surface area contributed by atoms with Crippen molar-refractivity contribution in [2.75, 3.05) is 5.32 Å². The van der Waals surface area contributed by atoms with Crippen LogP contribution in [0.15, 0.2) is 0 Å². The number of hydrogen-bond donors (Lipinski definition) is 2. The van der Waals surface area contributed by atoms with Crippen molar-refractivity contribution in [3.05, 3.63) is 10.7 Å². The van der Waals surface area contributed by atoms with Crippen LogP contribution in [0.3, 0.4) is 0 Å². The summed E-state index contributed by atoms with van der Waals surface area (Å²) in [7, 11) is 0. The Bertz CT molecular complexity index is 455. The molecule has 1 heterocycles. The third-order valence-electron chi connectivity index (χ3n) is 1.66. The number of carboxylic acids is 1. The molecule has 0 aromatic carbocycles. The number of halogens is 3. The number of aromatic carboxylic acids is 1. The summed E-state index contributed by atoms with van der Waals surface area (Å²) in [5.74, 6) is -3.70. The number of amides is 1.